The number of carbonyl (C=O) groups is 2. The maximum atomic E-state index is 11.9. The van der Waals surface area contributed by atoms with Gasteiger partial charge in [-0.05, 0) is 43.7 Å². The Balaban J connectivity index is 1.90. The summed E-state index contributed by atoms with van der Waals surface area (Å²) in [5.41, 5.74) is 2.29. The molecule has 24 heavy (non-hydrogen) atoms. The summed E-state index contributed by atoms with van der Waals surface area (Å²) in [5.74, 6) is -0.604. The molecule has 5 nitrogen and oxygen atoms in total. The normalized spacial score (nSPS) is 11.1. The Labute approximate surface area is 144 Å². The summed E-state index contributed by atoms with van der Waals surface area (Å²) in [6.45, 7) is 4.02. The van der Waals surface area contributed by atoms with Gasteiger partial charge in [-0.15, -0.1) is 11.3 Å². The van der Waals surface area contributed by atoms with E-state index < -0.39 is 0 Å². The number of nitrogens with one attached hydrogen (secondary N) is 1. The van der Waals surface area contributed by atoms with Crippen LogP contribution >= 0.6 is 11.3 Å². The number of hydrogen-bond acceptors (Lipinski definition) is 5. The van der Waals surface area contributed by atoms with Gasteiger partial charge in [-0.25, -0.2) is 9.78 Å². The van der Waals surface area contributed by atoms with Crippen molar-refractivity contribution in [3.63, 3.8) is 0 Å². The van der Waals surface area contributed by atoms with Crippen LogP contribution in [-0.2, 0) is 14.3 Å². The van der Waals surface area contributed by atoms with Crippen LogP contribution in [0.1, 0.15) is 23.2 Å². The zero-order chi connectivity index (χ0) is 17.4. The smallest absolute Gasteiger partial charge is 0.330 e. The van der Waals surface area contributed by atoms with E-state index >= 15 is 0 Å². The first-order chi connectivity index (χ1) is 11.6. The summed E-state index contributed by atoms with van der Waals surface area (Å²) in [7, 11) is 0. The average molecular weight is 342 g/mol. The summed E-state index contributed by atoms with van der Waals surface area (Å²) in [5, 5.41) is 5.62. The standard InChI is InChI=1S/C18H18N2O3S/c1-3-23-18(22)11-6-14-4-7-15(8-5-14)20-17(21)10-9-16-12-24-13(2)19-16/h4-12H,3H2,1-2H3,(H,20,21)/b10-9+,11-6+. The van der Waals surface area contributed by atoms with Crippen molar-refractivity contribution < 1.29 is 14.3 Å². The minimum Gasteiger partial charge on any atom is -0.463 e. The number of nitrogens with zero attached hydrogens (tertiary/aromatic N) is 1. The number of aryl methyl sites for hydroxylation is 1. The van der Waals surface area contributed by atoms with E-state index in [0.717, 1.165) is 16.3 Å². The monoisotopic (exact) mass is 342 g/mol. The number of thiazole rings is 1. The van der Waals surface area contributed by atoms with E-state index in [2.05, 4.69) is 10.3 Å². The first-order valence-electron chi connectivity index (χ1n) is 7.43. The SMILES string of the molecule is CCOC(=O)/C=C/c1ccc(NC(=O)/C=C/c2csc(C)n2)cc1. The molecule has 1 amide bonds. The molecule has 1 aromatic heterocycles. The fraction of sp³-hybridized carbons (Fsp3) is 0.167. The van der Waals surface area contributed by atoms with E-state index in [1.165, 1.54) is 23.5 Å². The number of carbonyl (C=O) groups excluding carboxylic acids is 2. The lowest BCUT2D eigenvalue weighted by Gasteiger charge is -2.02. The van der Waals surface area contributed by atoms with Crippen LogP contribution in [-0.4, -0.2) is 23.5 Å². The second kappa shape index (κ2) is 8.79. The highest BCUT2D eigenvalue weighted by Crippen LogP contribution is 2.12. The molecule has 0 atom stereocenters. The zero-order valence-corrected chi connectivity index (χ0v) is 14.3. The lowest BCUT2D eigenvalue weighted by atomic mass is 10.2. The number of hydrogen-bond donors (Lipinski definition) is 1. The summed E-state index contributed by atoms with van der Waals surface area (Å²) in [4.78, 5) is 27.4. The van der Waals surface area contributed by atoms with Crippen molar-refractivity contribution in [2.24, 2.45) is 0 Å². The number of esters is 1. The first kappa shape index (κ1) is 17.6. The number of rotatable bonds is 6. The summed E-state index contributed by atoms with van der Waals surface area (Å²) in [6, 6.07) is 7.14. The van der Waals surface area contributed by atoms with Crippen LogP contribution < -0.4 is 5.32 Å². The molecule has 2 rings (SSSR count). The third-order valence-corrected chi connectivity index (χ3v) is 3.71. The van der Waals surface area contributed by atoms with Gasteiger partial charge < -0.3 is 10.1 Å². The van der Waals surface area contributed by atoms with E-state index in [-0.39, 0.29) is 11.9 Å². The summed E-state index contributed by atoms with van der Waals surface area (Å²) < 4.78 is 4.81. The van der Waals surface area contributed by atoms with Gasteiger partial charge in [0.05, 0.1) is 17.3 Å². The topological polar surface area (TPSA) is 68.3 Å². The van der Waals surface area contributed by atoms with Crippen LogP contribution in [0.15, 0.2) is 41.8 Å². The lowest BCUT2D eigenvalue weighted by molar-refractivity contribution is -0.137. The molecule has 0 aliphatic carbocycles. The quantitative estimate of drug-likeness (QED) is 0.642. The molecule has 124 valence electrons. The zero-order valence-electron chi connectivity index (χ0n) is 13.5. The molecule has 0 bridgehead atoms. The minimum absolute atomic E-state index is 0.226. The molecular formula is C18H18N2O3S. The van der Waals surface area contributed by atoms with Crippen LogP contribution in [0.4, 0.5) is 5.69 Å². The van der Waals surface area contributed by atoms with E-state index in [9.17, 15) is 9.59 Å². The molecule has 0 saturated carbocycles. The molecule has 0 spiro atoms. The molecule has 0 radical (unpaired) electrons. The summed E-state index contributed by atoms with van der Waals surface area (Å²) >= 11 is 1.54. The third-order valence-electron chi connectivity index (χ3n) is 2.92. The van der Waals surface area contributed by atoms with Crippen molar-refractivity contribution in [2.45, 2.75) is 13.8 Å². The van der Waals surface area contributed by atoms with Gasteiger partial charge in [0, 0.05) is 23.2 Å². The van der Waals surface area contributed by atoms with Crippen molar-refractivity contribution in [3.8, 4) is 0 Å². The van der Waals surface area contributed by atoms with Crippen LogP contribution in [0.2, 0.25) is 0 Å². The van der Waals surface area contributed by atoms with Crippen LogP contribution in [0.25, 0.3) is 12.2 Å². The largest absolute Gasteiger partial charge is 0.463 e. The number of amides is 1. The fourth-order valence-corrected chi connectivity index (χ4v) is 2.41. The Morgan fingerprint density at radius 1 is 1.21 bits per heavy atom. The summed E-state index contributed by atoms with van der Waals surface area (Å²) in [6.07, 6.45) is 6.15. The maximum absolute atomic E-state index is 11.9. The van der Waals surface area contributed by atoms with Gasteiger partial charge in [0.25, 0.3) is 0 Å². The van der Waals surface area contributed by atoms with Gasteiger partial charge in [-0.2, -0.15) is 0 Å². The van der Waals surface area contributed by atoms with E-state index in [1.807, 2.05) is 12.3 Å². The molecule has 6 heteroatoms. The van der Waals surface area contributed by atoms with Crippen LogP contribution in [0.3, 0.4) is 0 Å². The number of benzene rings is 1. The highest BCUT2D eigenvalue weighted by Gasteiger charge is 2.00. The Kier molecular flexibility index (Phi) is 6.45. The van der Waals surface area contributed by atoms with Crippen molar-refractivity contribution in [1.82, 2.24) is 4.98 Å². The second-order valence-electron chi connectivity index (χ2n) is 4.82. The predicted octanol–water partition coefficient (Wildman–Crippen LogP) is 3.68. The van der Waals surface area contributed by atoms with E-state index in [1.54, 1.807) is 43.3 Å². The maximum Gasteiger partial charge on any atom is 0.330 e. The molecule has 0 unspecified atom stereocenters. The van der Waals surface area contributed by atoms with Crippen molar-refractivity contribution >= 4 is 41.1 Å². The molecule has 0 aliphatic rings. The first-order valence-corrected chi connectivity index (χ1v) is 8.31. The average Bonchev–Trinajstić information content (AvgIpc) is 2.98. The number of aromatic nitrogens is 1. The Bertz CT molecular complexity index is 761. The molecule has 0 fully saturated rings. The van der Waals surface area contributed by atoms with Gasteiger partial charge in [-0.3, -0.25) is 4.79 Å². The molecule has 2 aromatic rings. The van der Waals surface area contributed by atoms with Gasteiger partial charge in [0.15, 0.2) is 0 Å². The third kappa shape index (κ3) is 5.81. The van der Waals surface area contributed by atoms with Gasteiger partial charge in [0.1, 0.15) is 0 Å². The molecular weight excluding hydrogens is 324 g/mol. The Morgan fingerprint density at radius 2 is 1.96 bits per heavy atom. The second-order valence-corrected chi connectivity index (χ2v) is 5.88. The minimum atomic E-state index is -0.378. The predicted molar refractivity (Wildman–Crippen MR) is 96.6 cm³/mol. The number of anilines is 1. The van der Waals surface area contributed by atoms with Crippen LogP contribution in [0.5, 0.6) is 0 Å². The van der Waals surface area contributed by atoms with Gasteiger partial charge in [-0.1, -0.05) is 12.1 Å². The van der Waals surface area contributed by atoms with Gasteiger partial charge >= 0.3 is 5.97 Å². The molecule has 1 N–H and O–H groups in total. The highest BCUT2D eigenvalue weighted by molar-refractivity contribution is 7.09. The van der Waals surface area contributed by atoms with E-state index in [4.69, 9.17) is 4.74 Å². The molecule has 0 aliphatic heterocycles. The van der Waals surface area contributed by atoms with Crippen molar-refractivity contribution in [3.05, 3.63) is 58.1 Å². The Morgan fingerprint density at radius 3 is 2.58 bits per heavy atom. The molecule has 1 heterocycles. The van der Waals surface area contributed by atoms with Crippen LogP contribution in [0, 0.1) is 6.92 Å². The fourth-order valence-electron chi connectivity index (χ4n) is 1.83. The Hall–Kier alpha value is -2.73. The molecule has 1 aromatic carbocycles. The number of ether oxygens (including phenoxy) is 1. The van der Waals surface area contributed by atoms with E-state index in [0.29, 0.717) is 12.3 Å². The lowest BCUT2D eigenvalue weighted by Crippen LogP contribution is -2.07. The van der Waals surface area contributed by atoms with Crippen molar-refractivity contribution in [1.29, 1.82) is 0 Å². The van der Waals surface area contributed by atoms with Crippen molar-refractivity contribution in [2.75, 3.05) is 11.9 Å². The van der Waals surface area contributed by atoms with Gasteiger partial charge in [0.2, 0.25) is 5.91 Å². The highest BCUT2D eigenvalue weighted by atomic mass is 32.1. The molecule has 0 saturated heterocycles.